The van der Waals surface area contributed by atoms with Gasteiger partial charge in [-0.15, -0.1) is 0 Å². The van der Waals surface area contributed by atoms with Crippen LogP contribution in [0.5, 0.6) is 0 Å². The fourth-order valence-electron chi connectivity index (χ4n) is 4.03. The van der Waals surface area contributed by atoms with E-state index in [1.54, 1.807) is 0 Å². The Morgan fingerprint density at radius 1 is 0.971 bits per heavy atom. The largest absolute Gasteiger partial charge is 0.478 e. The first-order valence-corrected chi connectivity index (χ1v) is 11.0. The summed E-state index contributed by atoms with van der Waals surface area (Å²) in [7, 11) is 0. The summed E-state index contributed by atoms with van der Waals surface area (Å²) in [6.45, 7) is 1.37. The Balaban J connectivity index is 1.41. The topological polar surface area (TPSA) is 105 Å². The number of ether oxygens (including phenoxy) is 1. The van der Waals surface area contributed by atoms with Gasteiger partial charge < -0.3 is 15.2 Å². The molecule has 0 fully saturated rings. The molecule has 0 unspecified atom stereocenters. The highest BCUT2D eigenvalue weighted by atomic mass is 19.1. The third kappa shape index (κ3) is 5.06. The van der Waals surface area contributed by atoms with Crippen molar-refractivity contribution < 1.29 is 28.6 Å². The van der Waals surface area contributed by atoms with Crippen LogP contribution in [0.4, 0.5) is 14.9 Å². The van der Waals surface area contributed by atoms with Crippen LogP contribution in [0.15, 0.2) is 78.4 Å². The first kappa shape index (κ1) is 23.7. The van der Waals surface area contributed by atoms with Crippen molar-refractivity contribution in [1.29, 1.82) is 0 Å². The molecule has 3 N–H and O–H groups in total. The van der Waals surface area contributed by atoms with Crippen LogP contribution in [-0.2, 0) is 9.53 Å². The van der Waals surface area contributed by atoms with Crippen LogP contribution in [0.2, 0.25) is 0 Å². The molecule has 0 saturated heterocycles. The first-order chi connectivity index (χ1) is 16.9. The first-order valence-electron chi connectivity index (χ1n) is 11.0. The van der Waals surface area contributed by atoms with Gasteiger partial charge in [-0.2, -0.15) is 0 Å². The number of aliphatic carboxylic acids is 1. The Bertz CT molecular complexity index is 1290. The van der Waals surface area contributed by atoms with Crippen molar-refractivity contribution in [3.05, 3.63) is 101 Å². The summed E-state index contributed by atoms with van der Waals surface area (Å²) in [5.41, 5.74) is 3.86. The summed E-state index contributed by atoms with van der Waals surface area (Å²) in [6.07, 6.45) is 0.458. The number of carbonyl (C=O) groups is 3. The van der Waals surface area contributed by atoms with E-state index in [4.69, 9.17) is 9.84 Å². The SMILES string of the molecule is C/C(=C\CNC(=O)c1cccc(NC(=O)OCC2c3ccccc3-c3ccccc32)c1F)C(=O)O. The Morgan fingerprint density at radius 3 is 2.23 bits per heavy atom. The standard InChI is InChI=1S/C27H23FN2O5/c1-16(26(32)33)13-14-29-25(31)21-11-6-12-23(24(21)28)30-27(34)35-15-22-19-9-4-2-7-17(19)18-8-3-5-10-20(18)22/h2-13,22H,14-15H2,1H3,(H,29,31)(H,30,34)(H,32,33)/b16-13+. The van der Waals surface area contributed by atoms with E-state index in [1.807, 2.05) is 48.5 Å². The molecule has 0 saturated carbocycles. The zero-order valence-corrected chi connectivity index (χ0v) is 18.9. The molecule has 3 aromatic rings. The van der Waals surface area contributed by atoms with Crippen LogP contribution >= 0.6 is 0 Å². The lowest BCUT2D eigenvalue weighted by Crippen LogP contribution is -2.25. The van der Waals surface area contributed by atoms with Gasteiger partial charge >= 0.3 is 12.1 Å². The van der Waals surface area contributed by atoms with E-state index in [9.17, 15) is 18.8 Å². The van der Waals surface area contributed by atoms with Gasteiger partial charge in [0.2, 0.25) is 0 Å². The monoisotopic (exact) mass is 474 g/mol. The minimum atomic E-state index is -1.11. The van der Waals surface area contributed by atoms with E-state index in [2.05, 4.69) is 10.6 Å². The molecular formula is C27H23FN2O5. The summed E-state index contributed by atoms with van der Waals surface area (Å²) in [5, 5.41) is 13.6. The van der Waals surface area contributed by atoms with Gasteiger partial charge in [-0.3, -0.25) is 10.1 Å². The number of amides is 2. The van der Waals surface area contributed by atoms with Crippen LogP contribution in [0.25, 0.3) is 11.1 Å². The number of nitrogens with one attached hydrogen (secondary N) is 2. The van der Waals surface area contributed by atoms with E-state index in [0.29, 0.717) is 0 Å². The number of carboxylic acids is 1. The molecule has 0 bridgehead atoms. The Hall–Kier alpha value is -4.46. The smallest absolute Gasteiger partial charge is 0.411 e. The van der Waals surface area contributed by atoms with Crippen LogP contribution in [0.1, 0.15) is 34.3 Å². The number of hydrogen-bond donors (Lipinski definition) is 3. The quantitative estimate of drug-likeness (QED) is 0.421. The van der Waals surface area contributed by atoms with Gasteiger partial charge in [-0.25, -0.2) is 14.0 Å². The van der Waals surface area contributed by atoms with Gasteiger partial charge in [0.05, 0.1) is 11.3 Å². The Labute approximate surface area is 201 Å². The molecule has 1 aliphatic carbocycles. The molecule has 2 amide bonds. The fraction of sp³-hybridized carbons (Fsp3) is 0.148. The van der Waals surface area contributed by atoms with Crippen molar-refractivity contribution in [2.24, 2.45) is 0 Å². The van der Waals surface area contributed by atoms with Gasteiger partial charge in [0, 0.05) is 18.0 Å². The van der Waals surface area contributed by atoms with Crippen LogP contribution in [0, 0.1) is 5.82 Å². The maximum Gasteiger partial charge on any atom is 0.411 e. The average Bonchev–Trinajstić information content (AvgIpc) is 3.17. The van der Waals surface area contributed by atoms with E-state index in [0.717, 1.165) is 22.3 Å². The van der Waals surface area contributed by atoms with E-state index < -0.39 is 23.8 Å². The number of fused-ring (bicyclic) bond motifs is 3. The molecule has 4 rings (SSSR count). The summed E-state index contributed by atoms with van der Waals surface area (Å²) in [4.78, 5) is 35.6. The second kappa shape index (κ2) is 10.2. The van der Waals surface area contributed by atoms with E-state index in [1.165, 1.54) is 31.2 Å². The van der Waals surface area contributed by atoms with Crippen molar-refractivity contribution in [3.63, 3.8) is 0 Å². The Kier molecular flexibility index (Phi) is 6.91. The van der Waals surface area contributed by atoms with E-state index in [-0.39, 0.29) is 35.9 Å². The summed E-state index contributed by atoms with van der Waals surface area (Å²) in [6, 6.07) is 19.8. The number of rotatable bonds is 7. The number of halogens is 1. The molecule has 3 aromatic carbocycles. The number of hydrogen-bond acceptors (Lipinski definition) is 4. The highest BCUT2D eigenvalue weighted by Crippen LogP contribution is 2.44. The molecular weight excluding hydrogens is 451 g/mol. The highest BCUT2D eigenvalue weighted by molar-refractivity contribution is 5.97. The van der Waals surface area contributed by atoms with Gasteiger partial charge in [-0.05, 0) is 41.3 Å². The highest BCUT2D eigenvalue weighted by Gasteiger charge is 2.29. The van der Waals surface area contributed by atoms with Crippen LogP contribution < -0.4 is 10.6 Å². The maximum atomic E-state index is 14.9. The normalized spacial score (nSPS) is 12.5. The minimum Gasteiger partial charge on any atom is -0.478 e. The van der Waals surface area contributed by atoms with Gasteiger partial charge in [0.25, 0.3) is 5.91 Å². The van der Waals surface area contributed by atoms with Crippen molar-refractivity contribution in [2.75, 3.05) is 18.5 Å². The van der Waals surface area contributed by atoms with E-state index >= 15 is 0 Å². The zero-order chi connectivity index (χ0) is 24.9. The van der Waals surface area contributed by atoms with Crippen molar-refractivity contribution in [1.82, 2.24) is 5.32 Å². The lowest BCUT2D eigenvalue weighted by molar-refractivity contribution is -0.132. The lowest BCUT2D eigenvalue weighted by atomic mass is 9.98. The van der Waals surface area contributed by atoms with Crippen molar-refractivity contribution in [2.45, 2.75) is 12.8 Å². The molecule has 35 heavy (non-hydrogen) atoms. The van der Waals surface area contributed by atoms with Crippen molar-refractivity contribution >= 4 is 23.7 Å². The molecule has 8 heteroatoms. The average molecular weight is 474 g/mol. The van der Waals surface area contributed by atoms with Crippen LogP contribution in [0.3, 0.4) is 0 Å². The van der Waals surface area contributed by atoms with Gasteiger partial charge in [-0.1, -0.05) is 60.7 Å². The number of carbonyl (C=O) groups excluding carboxylic acids is 2. The third-order valence-corrected chi connectivity index (χ3v) is 5.83. The molecule has 1 aliphatic rings. The Morgan fingerprint density at radius 2 is 1.60 bits per heavy atom. The fourth-order valence-corrected chi connectivity index (χ4v) is 4.03. The zero-order valence-electron chi connectivity index (χ0n) is 18.9. The molecule has 0 heterocycles. The summed E-state index contributed by atoms with van der Waals surface area (Å²) >= 11 is 0. The number of carboxylic acid groups (broad SMARTS) is 1. The molecule has 0 spiro atoms. The molecule has 178 valence electrons. The molecule has 0 atom stereocenters. The molecule has 0 radical (unpaired) electrons. The summed E-state index contributed by atoms with van der Waals surface area (Å²) < 4.78 is 20.3. The third-order valence-electron chi connectivity index (χ3n) is 5.83. The van der Waals surface area contributed by atoms with Gasteiger partial charge in [0.1, 0.15) is 6.61 Å². The number of benzene rings is 3. The van der Waals surface area contributed by atoms with Crippen molar-refractivity contribution in [3.8, 4) is 11.1 Å². The predicted molar refractivity (Wildman–Crippen MR) is 129 cm³/mol. The second-order valence-corrected chi connectivity index (χ2v) is 8.02. The van der Waals surface area contributed by atoms with Gasteiger partial charge in [0.15, 0.2) is 5.82 Å². The lowest BCUT2D eigenvalue weighted by Gasteiger charge is -2.15. The minimum absolute atomic E-state index is 0.0523. The predicted octanol–water partition coefficient (Wildman–Crippen LogP) is 4.95. The number of anilines is 1. The summed E-state index contributed by atoms with van der Waals surface area (Å²) in [5.74, 6) is -2.91. The maximum absolute atomic E-state index is 14.9. The molecule has 0 aliphatic heterocycles. The molecule has 7 nitrogen and oxygen atoms in total. The second-order valence-electron chi connectivity index (χ2n) is 8.02. The molecule has 0 aromatic heterocycles. The van der Waals surface area contributed by atoms with Crippen LogP contribution in [-0.4, -0.2) is 36.2 Å².